The topological polar surface area (TPSA) is 72.2 Å². The molecule has 2 heterocycles. The lowest BCUT2D eigenvalue weighted by molar-refractivity contribution is -0.117. The molecule has 3 rings (SSSR count). The summed E-state index contributed by atoms with van der Waals surface area (Å²) in [5.41, 5.74) is -0.688. The molecule has 0 radical (unpaired) electrons. The molecule has 9 heteroatoms. The molecule has 132 valence electrons. The first-order valence-corrected chi connectivity index (χ1v) is 8.41. The third-order valence-electron chi connectivity index (χ3n) is 3.45. The molecule has 1 saturated carbocycles. The standard InChI is InChI=1S/C16H13F3N2O3S/c17-16(18,19)8-25-12-6-11(10-2-1-5-20-7-10)24-15(23)13(12)21-14(22)9-3-4-9/h1-2,5-7,9H,3-4,8H2,(H,21,22). The maximum Gasteiger partial charge on any atom is 0.398 e. The Hall–Kier alpha value is -2.29. The van der Waals surface area contributed by atoms with Crippen LogP contribution in [0.15, 0.2) is 44.7 Å². The Kier molecular flexibility index (Phi) is 4.85. The van der Waals surface area contributed by atoms with Gasteiger partial charge in [-0.2, -0.15) is 13.2 Å². The largest absolute Gasteiger partial charge is 0.421 e. The van der Waals surface area contributed by atoms with E-state index in [1.54, 1.807) is 12.1 Å². The van der Waals surface area contributed by atoms with E-state index in [1.807, 2.05) is 0 Å². The second-order valence-electron chi connectivity index (χ2n) is 5.55. The second-order valence-corrected chi connectivity index (χ2v) is 6.56. The van der Waals surface area contributed by atoms with E-state index in [-0.39, 0.29) is 28.2 Å². The lowest BCUT2D eigenvalue weighted by Gasteiger charge is -2.12. The smallest absolute Gasteiger partial charge is 0.398 e. The highest BCUT2D eigenvalue weighted by Crippen LogP contribution is 2.35. The number of anilines is 1. The fourth-order valence-electron chi connectivity index (χ4n) is 2.08. The van der Waals surface area contributed by atoms with Crippen molar-refractivity contribution in [2.45, 2.75) is 23.9 Å². The van der Waals surface area contributed by atoms with Crippen LogP contribution < -0.4 is 10.9 Å². The van der Waals surface area contributed by atoms with Gasteiger partial charge < -0.3 is 9.73 Å². The van der Waals surface area contributed by atoms with Crippen molar-refractivity contribution in [1.82, 2.24) is 4.98 Å². The first kappa shape index (κ1) is 17.5. The molecule has 0 aromatic carbocycles. The highest BCUT2D eigenvalue weighted by Gasteiger charge is 2.32. The minimum absolute atomic E-state index is 0.0152. The van der Waals surface area contributed by atoms with Crippen LogP contribution >= 0.6 is 11.8 Å². The van der Waals surface area contributed by atoms with Crippen molar-refractivity contribution in [3.8, 4) is 11.3 Å². The predicted octanol–water partition coefficient (Wildman–Crippen LogP) is 3.70. The van der Waals surface area contributed by atoms with Crippen molar-refractivity contribution in [2.24, 2.45) is 5.92 Å². The number of alkyl halides is 3. The molecule has 25 heavy (non-hydrogen) atoms. The van der Waals surface area contributed by atoms with Crippen molar-refractivity contribution >= 4 is 23.4 Å². The molecule has 0 atom stereocenters. The van der Waals surface area contributed by atoms with Gasteiger partial charge >= 0.3 is 11.8 Å². The number of rotatable bonds is 5. The molecule has 1 aliphatic carbocycles. The molecular weight excluding hydrogens is 357 g/mol. The zero-order chi connectivity index (χ0) is 18.0. The summed E-state index contributed by atoms with van der Waals surface area (Å²) >= 11 is 0.431. The molecule has 1 aliphatic rings. The van der Waals surface area contributed by atoms with Gasteiger partial charge in [-0.3, -0.25) is 9.78 Å². The summed E-state index contributed by atoms with van der Waals surface area (Å²) in [6.07, 6.45) is -0.0526. The van der Waals surface area contributed by atoms with Gasteiger partial charge in [-0.25, -0.2) is 4.79 Å². The Labute approximate surface area is 144 Å². The number of hydrogen-bond acceptors (Lipinski definition) is 5. The third kappa shape index (κ3) is 4.62. The third-order valence-corrected chi connectivity index (χ3v) is 4.55. The van der Waals surface area contributed by atoms with Gasteiger partial charge in [0.05, 0.1) is 5.75 Å². The average Bonchev–Trinajstić information content (AvgIpc) is 3.40. The van der Waals surface area contributed by atoms with Crippen molar-refractivity contribution in [1.29, 1.82) is 0 Å². The fourth-order valence-corrected chi connectivity index (χ4v) is 2.87. The Bertz CT molecular complexity index is 833. The summed E-state index contributed by atoms with van der Waals surface area (Å²) in [5, 5.41) is 2.41. The van der Waals surface area contributed by atoms with E-state index in [2.05, 4.69) is 10.3 Å². The predicted molar refractivity (Wildman–Crippen MR) is 86.3 cm³/mol. The molecule has 5 nitrogen and oxygen atoms in total. The van der Waals surface area contributed by atoms with Gasteiger partial charge in [0.15, 0.2) is 0 Å². The molecule has 1 amide bonds. The molecular formula is C16H13F3N2O3S. The Morgan fingerprint density at radius 2 is 2.16 bits per heavy atom. The monoisotopic (exact) mass is 370 g/mol. The molecule has 0 spiro atoms. The van der Waals surface area contributed by atoms with E-state index >= 15 is 0 Å². The Morgan fingerprint density at radius 1 is 1.40 bits per heavy atom. The quantitative estimate of drug-likeness (QED) is 0.813. The van der Waals surface area contributed by atoms with E-state index in [4.69, 9.17) is 4.42 Å². The van der Waals surface area contributed by atoms with Crippen LogP contribution in [0.3, 0.4) is 0 Å². The van der Waals surface area contributed by atoms with E-state index in [1.165, 1.54) is 18.5 Å². The van der Waals surface area contributed by atoms with E-state index < -0.39 is 17.6 Å². The number of thioether (sulfide) groups is 1. The van der Waals surface area contributed by atoms with E-state index in [0.717, 1.165) is 0 Å². The van der Waals surface area contributed by atoms with Crippen molar-refractivity contribution in [3.05, 3.63) is 41.0 Å². The van der Waals surface area contributed by atoms with Crippen LogP contribution in [0, 0.1) is 5.92 Å². The van der Waals surface area contributed by atoms with E-state index in [0.29, 0.717) is 30.2 Å². The van der Waals surface area contributed by atoms with Gasteiger partial charge in [0, 0.05) is 28.8 Å². The normalized spacial score (nSPS) is 14.4. The lowest BCUT2D eigenvalue weighted by atomic mass is 10.2. The number of carbonyl (C=O) groups excluding carboxylic acids is 1. The maximum absolute atomic E-state index is 12.6. The van der Waals surface area contributed by atoms with Crippen LogP contribution in [0.1, 0.15) is 12.8 Å². The average molecular weight is 370 g/mol. The zero-order valence-electron chi connectivity index (χ0n) is 12.8. The van der Waals surface area contributed by atoms with Crippen LogP contribution in [-0.4, -0.2) is 22.8 Å². The summed E-state index contributed by atoms with van der Waals surface area (Å²) in [5.74, 6) is -1.67. The Balaban J connectivity index is 1.97. The molecule has 0 bridgehead atoms. The zero-order valence-corrected chi connectivity index (χ0v) is 13.6. The molecule has 0 unspecified atom stereocenters. The fraction of sp³-hybridized carbons (Fsp3) is 0.312. The van der Waals surface area contributed by atoms with Crippen LogP contribution in [0.2, 0.25) is 0 Å². The van der Waals surface area contributed by atoms with Crippen LogP contribution in [-0.2, 0) is 4.79 Å². The number of aromatic nitrogens is 1. The summed E-state index contributed by atoms with van der Waals surface area (Å²) < 4.78 is 42.9. The highest BCUT2D eigenvalue weighted by molar-refractivity contribution is 7.99. The van der Waals surface area contributed by atoms with Crippen molar-refractivity contribution < 1.29 is 22.4 Å². The summed E-state index contributed by atoms with van der Waals surface area (Å²) in [4.78, 5) is 28.0. The second kappa shape index (κ2) is 6.91. The maximum atomic E-state index is 12.6. The van der Waals surface area contributed by atoms with Crippen LogP contribution in [0.5, 0.6) is 0 Å². The van der Waals surface area contributed by atoms with Gasteiger partial charge in [0.2, 0.25) is 5.91 Å². The van der Waals surface area contributed by atoms with E-state index in [9.17, 15) is 22.8 Å². The number of hydrogen-bond donors (Lipinski definition) is 1. The number of amides is 1. The van der Waals surface area contributed by atoms with Crippen molar-refractivity contribution in [2.75, 3.05) is 11.1 Å². The molecule has 0 aliphatic heterocycles. The van der Waals surface area contributed by atoms with Gasteiger partial charge in [-0.1, -0.05) is 0 Å². The summed E-state index contributed by atoms with van der Waals surface area (Å²) in [6, 6.07) is 4.55. The van der Waals surface area contributed by atoms with Crippen LogP contribution in [0.25, 0.3) is 11.3 Å². The minimum Gasteiger partial charge on any atom is -0.421 e. The molecule has 2 aromatic rings. The Morgan fingerprint density at radius 3 is 2.76 bits per heavy atom. The molecule has 1 fully saturated rings. The number of halogens is 3. The van der Waals surface area contributed by atoms with Gasteiger partial charge in [0.25, 0.3) is 0 Å². The van der Waals surface area contributed by atoms with Gasteiger partial charge in [-0.15, -0.1) is 11.8 Å². The number of pyridine rings is 1. The van der Waals surface area contributed by atoms with Gasteiger partial charge in [-0.05, 0) is 31.0 Å². The molecule has 2 aromatic heterocycles. The lowest BCUT2D eigenvalue weighted by Crippen LogP contribution is -2.20. The minimum atomic E-state index is -4.41. The van der Waals surface area contributed by atoms with Crippen molar-refractivity contribution in [3.63, 3.8) is 0 Å². The number of nitrogens with zero attached hydrogens (tertiary/aromatic N) is 1. The van der Waals surface area contributed by atoms with Crippen LogP contribution in [0.4, 0.5) is 18.9 Å². The number of nitrogens with one attached hydrogen (secondary N) is 1. The summed E-state index contributed by atoms with van der Waals surface area (Å²) in [7, 11) is 0. The first-order valence-electron chi connectivity index (χ1n) is 7.42. The summed E-state index contributed by atoms with van der Waals surface area (Å²) in [6.45, 7) is 0. The van der Waals surface area contributed by atoms with Gasteiger partial charge in [0.1, 0.15) is 11.4 Å². The SMILES string of the molecule is O=C(Nc1c(SCC(F)(F)F)cc(-c2cccnc2)oc1=O)C1CC1. The highest BCUT2D eigenvalue weighted by atomic mass is 32.2. The first-order chi connectivity index (χ1) is 11.8. The molecule has 0 saturated heterocycles. The number of carbonyl (C=O) groups is 1. The molecule has 1 N–H and O–H groups in total.